The van der Waals surface area contributed by atoms with Crippen LogP contribution in [0.1, 0.15) is 39.1 Å². The van der Waals surface area contributed by atoms with Gasteiger partial charge in [0.1, 0.15) is 6.10 Å². The van der Waals surface area contributed by atoms with Crippen LogP contribution in [0.25, 0.3) is 11.1 Å². The fraction of sp³-hybridized carbons (Fsp3) is 0.308. The first-order valence-corrected chi connectivity index (χ1v) is 16.9. The van der Waals surface area contributed by atoms with E-state index in [2.05, 4.69) is 20.9 Å². The van der Waals surface area contributed by atoms with Crippen LogP contribution in [-0.2, 0) is 11.3 Å². The molecule has 5 rings (SSSR count). The number of anilines is 1. The van der Waals surface area contributed by atoms with Crippen LogP contribution < -0.4 is 20.7 Å². The molecule has 50 heavy (non-hydrogen) atoms. The maximum Gasteiger partial charge on any atom is 0.411 e. The summed E-state index contributed by atoms with van der Waals surface area (Å²) in [5, 5.41) is 18.9. The van der Waals surface area contributed by atoms with E-state index in [9.17, 15) is 19.5 Å². The molecule has 0 aromatic heterocycles. The summed E-state index contributed by atoms with van der Waals surface area (Å²) < 4.78 is 10.8. The molecule has 0 spiro atoms. The quantitative estimate of drug-likeness (QED) is 0.131. The summed E-state index contributed by atoms with van der Waals surface area (Å²) in [7, 11) is 3.26. The van der Waals surface area contributed by atoms with E-state index in [0.29, 0.717) is 68.1 Å². The number of ether oxygens (including phenoxy) is 2. The van der Waals surface area contributed by atoms with Gasteiger partial charge in [-0.1, -0.05) is 60.7 Å². The molecule has 1 aliphatic heterocycles. The number of hydrogen-bond acceptors (Lipinski definition) is 8. The molecule has 0 radical (unpaired) electrons. The number of rotatable bonds is 14. The Kier molecular flexibility index (Phi) is 12.8. The molecular formula is C39H45N5O6. The standard InChI is InChI=1S/C39H45N5O6/c1-43(38(47)31-12-8-11-30(26-31)37(46)41-20-19-40-27-28-15-16-36(49-2)35(45)25-28)23-24-44-21-17-32(18-22-44)50-39(48)42-34-14-7-6-13-33(34)29-9-4-3-5-10-29/h3-16,25-26,32,40,45H,17-24,27H2,1-2H3,(H,41,46)(H,42,48). The smallest absolute Gasteiger partial charge is 0.411 e. The molecule has 1 saturated heterocycles. The van der Waals surface area contributed by atoms with E-state index in [0.717, 1.165) is 29.8 Å². The number of aromatic hydroxyl groups is 1. The van der Waals surface area contributed by atoms with E-state index in [1.807, 2.05) is 60.7 Å². The van der Waals surface area contributed by atoms with Crippen molar-refractivity contribution in [3.8, 4) is 22.6 Å². The van der Waals surface area contributed by atoms with E-state index < -0.39 is 6.09 Å². The fourth-order valence-electron chi connectivity index (χ4n) is 5.85. The average Bonchev–Trinajstić information content (AvgIpc) is 3.14. The molecule has 0 atom stereocenters. The van der Waals surface area contributed by atoms with Gasteiger partial charge in [-0.15, -0.1) is 0 Å². The second-order valence-corrected chi connectivity index (χ2v) is 12.2. The molecule has 11 nitrogen and oxygen atoms in total. The normalized spacial score (nSPS) is 13.3. The number of para-hydroxylation sites is 1. The van der Waals surface area contributed by atoms with Crippen LogP contribution in [0.5, 0.6) is 11.5 Å². The topological polar surface area (TPSA) is 132 Å². The van der Waals surface area contributed by atoms with Gasteiger partial charge in [-0.05, 0) is 60.4 Å². The number of carbonyl (C=O) groups is 3. The summed E-state index contributed by atoms with van der Waals surface area (Å²) in [5.74, 6) is 0.0798. The fourth-order valence-corrected chi connectivity index (χ4v) is 5.85. The van der Waals surface area contributed by atoms with Crippen molar-refractivity contribution < 1.29 is 29.0 Å². The number of phenols is 1. The van der Waals surface area contributed by atoms with Gasteiger partial charge < -0.3 is 35.0 Å². The van der Waals surface area contributed by atoms with Crippen molar-refractivity contribution in [3.63, 3.8) is 0 Å². The molecule has 0 aliphatic carbocycles. The van der Waals surface area contributed by atoms with Gasteiger partial charge >= 0.3 is 6.09 Å². The minimum absolute atomic E-state index is 0.0792. The minimum atomic E-state index is -0.462. The highest BCUT2D eigenvalue weighted by molar-refractivity contribution is 5.99. The lowest BCUT2D eigenvalue weighted by Crippen LogP contribution is -2.42. The Bertz CT molecular complexity index is 1740. The van der Waals surface area contributed by atoms with E-state index in [4.69, 9.17) is 9.47 Å². The van der Waals surface area contributed by atoms with Crippen molar-refractivity contribution in [2.75, 3.05) is 58.7 Å². The summed E-state index contributed by atoms with van der Waals surface area (Å²) in [4.78, 5) is 42.7. The van der Waals surface area contributed by atoms with Crippen LogP contribution in [0, 0.1) is 0 Å². The Balaban J connectivity index is 1.00. The molecule has 262 valence electrons. The van der Waals surface area contributed by atoms with Gasteiger partial charge in [0, 0.05) is 69.6 Å². The summed E-state index contributed by atoms with van der Waals surface area (Å²) in [6.45, 7) is 4.18. The molecule has 1 aliphatic rings. The first-order chi connectivity index (χ1) is 24.3. The van der Waals surface area contributed by atoms with Gasteiger partial charge in [0.05, 0.1) is 12.8 Å². The number of nitrogens with one attached hydrogen (secondary N) is 3. The third-order valence-corrected chi connectivity index (χ3v) is 8.69. The van der Waals surface area contributed by atoms with Gasteiger partial charge in [-0.2, -0.15) is 0 Å². The number of benzene rings is 4. The summed E-state index contributed by atoms with van der Waals surface area (Å²) in [6, 6.07) is 29.5. The number of piperidine rings is 1. The average molecular weight is 680 g/mol. The molecule has 0 bridgehead atoms. The Morgan fingerprint density at radius 3 is 2.38 bits per heavy atom. The first kappa shape index (κ1) is 35.9. The largest absolute Gasteiger partial charge is 0.504 e. The van der Waals surface area contributed by atoms with Gasteiger partial charge in [0.2, 0.25) is 0 Å². The predicted octanol–water partition coefficient (Wildman–Crippen LogP) is 5.37. The molecule has 1 fully saturated rings. The number of hydrogen-bond donors (Lipinski definition) is 4. The second-order valence-electron chi connectivity index (χ2n) is 12.2. The van der Waals surface area contributed by atoms with Crippen LogP contribution in [-0.4, -0.2) is 92.3 Å². The molecule has 3 amide bonds. The highest BCUT2D eigenvalue weighted by Crippen LogP contribution is 2.28. The Labute approximate surface area is 293 Å². The second kappa shape index (κ2) is 17.8. The van der Waals surface area contributed by atoms with Gasteiger partial charge in [-0.3, -0.25) is 14.9 Å². The third kappa shape index (κ3) is 10.1. The minimum Gasteiger partial charge on any atom is -0.504 e. The highest BCUT2D eigenvalue weighted by Gasteiger charge is 2.24. The summed E-state index contributed by atoms with van der Waals surface area (Å²) in [6.07, 6.45) is 0.783. The predicted molar refractivity (Wildman–Crippen MR) is 194 cm³/mol. The Morgan fingerprint density at radius 2 is 1.62 bits per heavy atom. The zero-order valence-electron chi connectivity index (χ0n) is 28.6. The number of amides is 3. The van der Waals surface area contributed by atoms with E-state index >= 15 is 0 Å². The zero-order valence-corrected chi connectivity index (χ0v) is 28.6. The first-order valence-electron chi connectivity index (χ1n) is 16.9. The molecule has 0 saturated carbocycles. The van der Waals surface area contributed by atoms with Crippen molar-refractivity contribution in [2.45, 2.75) is 25.5 Å². The molecule has 4 N–H and O–H groups in total. The number of phenolic OH excluding ortho intramolecular Hbond substituents is 1. The van der Waals surface area contributed by atoms with Crippen molar-refractivity contribution in [1.82, 2.24) is 20.4 Å². The number of carbonyl (C=O) groups excluding carboxylic acids is 3. The molecule has 11 heteroatoms. The van der Waals surface area contributed by atoms with Crippen LogP contribution in [0.2, 0.25) is 0 Å². The molecule has 4 aromatic rings. The number of methoxy groups -OCH3 is 1. The van der Waals surface area contributed by atoms with Crippen molar-refractivity contribution >= 4 is 23.6 Å². The van der Waals surface area contributed by atoms with Crippen LogP contribution in [0.4, 0.5) is 10.5 Å². The molecule has 4 aromatic carbocycles. The number of likely N-dealkylation sites (N-methyl/N-ethyl adjacent to an activating group) is 1. The molecular weight excluding hydrogens is 634 g/mol. The third-order valence-electron chi connectivity index (χ3n) is 8.69. The summed E-state index contributed by atoms with van der Waals surface area (Å²) >= 11 is 0. The van der Waals surface area contributed by atoms with Crippen LogP contribution in [0.3, 0.4) is 0 Å². The molecule has 0 unspecified atom stereocenters. The molecule has 1 heterocycles. The van der Waals surface area contributed by atoms with Gasteiger partial charge in [0.25, 0.3) is 11.8 Å². The zero-order chi connectivity index (χ0) is 35.3. The van der Waals surface area contributed by atoms with Crippen LogP contribution >= 0.6 is 0 Å². The van der Waals surface area contributed by atoms with E-state index in [1.54, 1.807) is 48.3 Å². The van der Waals surface area contributed by atoms with Crippen molar-refractivity contribution in [1.29, 1.82) is 0 Å². The van der Waals surface area contributed by atoms with Gasteiger partial charge in [0.15, 0.2) is 11.5 Å². The lowest BCUT2D eigenvalue weighted by Gasteiger charge is -2.32. The lowest BCUT2D eigenvalue weighted by atomic mass is 10.0. The number of nitrogens with zero attached hydrogens (tertiary/aromatic N) is 2. The maximum atomic E-state index is 13.2. The monoisotopic (exact) mass is 679 g/mol. The Morgan fingerprint density at radius 1 is 0.880 bits per heavy atom. The van der Waals surface area contributed by atoms with Gasteiger partial charge in [-0.25, -0.2) is 4.79 Å². The van der Waals surface area contributed by atoms with Crippen LogP contribution in [0.15, 0.2) is 97.1 Å². The SMILES string of the molecule is COc1ccc(CNCCNC(=O)c2cccc(C(=O)N(C)CCN3CCC(OC(=O)Nc4ccccc4-c4ccccc4)CC3)c2)cc1O. The van der Waals surface area contributed by atoms with E-state index in [1.165, 1.54) is 7.11 Å². The maximum absolute atomic E-state index is 13.2. The highest BCUT2D eigenvalue weighted by atomic mass is 16.6. The van der Waals surface area contributed by atoms with E-state index in [-0.39, 0.29) is 23.7 Å². The summed E-state index contributed by atoms with van der Waals surface area (Å²) in [5.41, 5.74) is 4.41. The van der Waals surface area contributed by atoms with Crippen molar-refractivity contribution in [3.05, 3.63) is 114 Å². The Hall–Kier alpha value is -5.39. The lowest BCUT2D eigenvalue weighted by molar-refractivity contribution is 0.0540. The number of likely N-dealkylation sites (tertiary alicyclic amines) is 1. The van der Waals surface area contributed by atoms with Crippen molar-refractivity contribution in [2.24, 2.45) is 0 Å².